The molecule has 4 heteroatoms. The summed E-state index contributed by atoms with van der Waals surface area (Å²) >= 11 is 5.78. The molecule has 0 aliphatic rings. The molecule has 0 aliphatic heterocycles. The van der Waals surface area contributed by atoms with Crippen molar-refractivity contribution in [1.29, 1.82) is 5.26 Å². The molecule has 2 nitrogen and oxygen atoms in total. The van der Waals surface area contributed by atoms with Gasteiger partial charge < -0.3 is 4.43 Å². The monoisotopic (exact) mass is 239 g/mol. The third-order valence-electron chi connectivity index (χ3n) is 1.76. The van der Waals surface area contributed by atoms with E-state index in [9.17, 15) is 0 Å². The van der Waals surface area contributed by atoms with E-state index in [4.69, 9.17) is 21.3 Å². The Kier molecular flexibility index (Phi) is 3.92. The van der Waals surface area contributed by atoms with Crippen molar-refractivity contribution >= 4 is 19.9 Å². The predicted molar refractivity (Wildman–Crippen MR) is 64.2 cm³/mol. The van der Waals surface area contributed by atoms with Gasteiger partial charge in [-0.3, -0.25) is 0 Å². The zero-order valence-electron chi connectivity index (χ0n) is 9.12. The molecule has 1 rings (SSSR count). The molecule has 15 heavy (non-hydrogen) atoms. The summed E-state index contributed by atoms with van der Waals surface area (Å²) < 4.78 is 5.75. The molecule has 0 unspecified atom stereocenters. The van der Waals surface area contributed by atoms with E-state index in [0.29, 0.717) is 5.02 Å². The second kappa shape index (κ2) is 4.80. The highest BCUT2D eigenvalue weighted by Gasteiger charge is 2.21. The van der Waals surface area contributed by atoms with Gasteiger partial charge >= 0.3 is 0 Å². The van der Waals surface area contributed by atoms with E-state index in [-0.39, 0.29) is 0 Å². The Bertz CT molecular complexity index is 364. The summed E-state index contributed by atoms with van der Waals surface area (Å²) in [4.78, 5) is 0. The molecule has 1 aromatic rings. The highest BCUT2D eigenvalue weighted by atomic mass is 35.5. The molecule has 0 spiro atoms. The maximum atomic E-state index is 9.03. The van der Waals surface area contributed by atoms with Crippen molar-refractivity contribution in [3.63, 3.8) is 0 Å². The van der Waals surface area contributed by atoms with E-state index in [1.165, 1.54) is 0 Å². The van der Waals surface area contributed by atoms with Crippen molar-refractivity contribution in [2.45, 2.75) is 25.7 Å². The van der Waals surface area contributed by atoms with Crippen LogP contribution in [0.4, 0.5) is 0 Å². The fraction of sp³-hybridized carbons (Fsp3) is 0.364. The molecule has 0 amide bonds. The van der Waals surface area contributed by atoms with Gasteiger partial charge in [-0.15, -0.1) is 0 Å². The van der Waals surface area contributed by atoms with Crippen LogP contribution in [0.5, 0.6) is 0 Å². The number of nitriles is 1. The quantitative estimate of drug-likeness (QED) is 0.753. The van der Waals surface area contributed by atoms with Crippen LogP contribution in [0.1, 0.15) is 11.7 Å². The lowest BCUT2D eigenvalue weighted by atomic mass is 10.1. The highest BCUT2D eigenvalue weighted by molar-refractivity contribution is 6.69. The number of rotatable bonds is 3. The van der Waals surface area contributed by atoms with Crippen molar-refractivity contribution in [2.24, 2.45) is 0 Å². The molecule has 0 radical (unpaired) electrons. The van der Waals surface area contributed by atoms with Crippen molar-refractivity contribution in [1.82, 2.24) is 0 Å². The molecule has 0 aromatic heterocycles. The Balaban J connectivity index is 2.85. The van der Waals surface area contributed by atoms with E-state index in [2.05, 4.69) is 25.7 Å². The summed E-state index contributed by atoms with van der Waals surface area (Å²) in [6, 6.07) is 9.37. The average Bonchev–Trinajstić information content (AvgIpc) is 2.14. The molecule has 1 atom stereocenters. The number of nitrogens with zero attached hydrogens (tertiary/aromatic N) is 1. The maximum absolute atomic E-state index is 9.03. The van der Waals surface area contributed by atoms with Crippen molar-refractivity contribution < 1.29 is 4.43 Å². The Morgan fingerprint density at radius 2 is 1.80 bits per heavy atom. The third kappa shape index (κ3) is 4.04. The zero-order chi connectivity index (χ0) is 11.5. The summed E-state index contributed by atoms with van der Waals surface area (Å²) in [5.74, 6) is 0. The molecule has 0 aliphatic carbocycles. The van der Waals surface area contributed by atoms with Gasteiger partial charge in [0, 0.05) is 5.02 Å². The lowest BCUT2D eigenvalue weighted by Gasteiger charge is -2.21. The summed E-state index contributed by atoms with van der Waals surface area (Å²) in [7, 11) is -1.69. The number of benzene rings is 1. The second-order valence-corrected chi connectivity index (χ2v) is 9.19. The molecule has 0 saturated carbocycles. The van der Waals surface area contributed by atoms with Crippen LogP contribution in [0.15, 0.2) is 24.3 Å². The van der Waals surface area contributed by atoms with Crippen LogP contribution in [-0.2, 0) is 4.43 Å². The lowest BCUT2D eigenvalue weighted by Crippen LogP contribution is -2.27. The maximum Gasteiger partial charge on any atom is 0.186 e. The molecular weight excluding hydrogens is 226 g/mol. The van der Waals surface area contributed by atoms with Gasteiger partial charge in [-0.1, -0.05) is 23.7 Å². The van der Waals surface area contributed by atoms with E-state index in [1.807, 2.05) is 12.1 Å². The molecule has 1 aromatic carbocycles. The molecule has 0 N–H and O–H groups in total. The van der Waals surface area contributed by atoms with Gasteiger partial charge in [0.25, 0.3) is 0 Å². The van der Waals surface area contributed by atoms with E-state index >= 15 is 0 Å². The fourth-order valence-corrected chi connectivity index (χ4v) is 2.18. The van der Waals surface area contributed by atoms with E-state index < -0.39 is 14.4 Å². The standard InChI is InChI=1S/C11H14ClNOSi/c1-15(2,3)14-11(8-13)9-4-6-10(12)7-5-9/h4-7,11H,1-3H3/t11-/m1/s1. The third-order valence-corrected chi connectivity index (χ3v) is 2.96. The minimum atomic E-state index is -1.69. The molecule has 0 heterocycles. The first-order valence-electron chi connectivity index (χ1n) is 4.75. The molecular formula is C11H14ClNOSi. The zero-order valence-corrected chi connectivity index (χ0v) is 10.9. The minimum absolute atomic E-state index is 0.478. The Hall–Kier alpha value is -0.823. The number of halogens is 1. The second-order valence-electron chi connectivity index (χ2n) is 4.29. The number of hydrogen-bond donors (Lipinski definition) is 0. The SMILES string of the molecule is C[Si](C)(C)O[C@H](C#N)c1ccc(Cl)cc1. The van der Waals surface area contributed by atoms with Gasteiger partial charge in [0.15, 0.2) is 14.4 Å². The van der Waals surface area contributed by atoms with E-state index in [1.54, 1.807) is 12.1 Å². The Labute approximate surface area is 96.6 Å². The molecule has 0 saturated heterocycles. The van der Waals surface area contributed by atoms with Crippen LogP contribution in [0, 0.1) is 11.3 Å². The molecule has 0 bridgehead atoms. The Morgan fingerprint density at radius 1 is 1.27 bits per heavy atom. The summed E-state index contributed by atoms with van der Waals surface area (Å²) in [6.45, 7) is 6.19. The largest absolute Gasteiger partial charge is 0.399 e. The van der Waals surface area contributed by atoms with Gasteiger partial charge in [0.2, 0.25) is 0 Å². The smallest absolute Gasteiger partial charge is 0.186 e. The molecule has 0 fully saturated rings. The van der Waals surface area contributed by atoms with Gasteiger partial charge in [0.1, 0.15) is 0 Å². The normalized spacial score (nSPS) is 13.3. The van der Waals surface area contributed by atoms with E-state index in [0.717, 1.165) is 5.56 Å². The predicted octanol–water partition coefficient (Wildman–Crippen LogP) is 3.76. The summed E-state index contributed by atoms with van der Waals surface area (Å²) in [5.41, 5.74) is 0.865. The summed E-state index contributed by atoms with van der Waals surface area (Å²) in [6.07, 6.45) is -0.478. The van der Waals surface area contributed by atoms with Crippen molar-refractivity contribution in [3.8, 4) is 6.07 Å². The van der Waals surface area contributed by atoms with Gasteiger partial charge in [-0.25, -0.2) is 0 Å². The van der Waals surface area contributed by atoms with Crippen LogP contribution in [0.3, 0.4) is 0 Å². The average molecular weight is 240 g/mol. The fourth-order valence-electron chi connectivity index (χ4n) is 1.16. The first-order valence-corrected chi connectivity index (χ1v) is 8.54. The Morgan fingerprint density at radius 3 is 2.20 bits per heavy atom. The molecule has 80 valence electrons. The number of hydrogen-bond acceptors (Lipinski definition) is 2. The van der Waals surface area contributed by atoms with Crippen molar-refractivity contribution in [3.05, 3.63) is 34.9 Å². The first kappa shape index (κ1) is 12.2. The van der Waals surface area contributed by atoms with Crippen molar-refractivity contribution in [2.75, 3.05) is 0 Å². The van der Waals surface area contributed by atoms with Gasteiger partial charge in [-0.05, 0) is 37.3 Å². The lowest BCUT2D eigenvalue weighted by molar-refractivity contribution is 0.255. The topological polar surface area (TPSA) is 33.0 Å². The minimum Gasteiger partial charge on any atom is -0.399 e. The van der Waals surface area contributed by atoms with Crippen LogP contribution in [0.25, 0.3) is 0 Å². The first-order chi connectivity index (χ1) is 6.92. The van der Waals surface area contributed by atoms with Crippen LogP contribution in [0.2, 0.25) is 24.7 Å². The highest BCUT2D eigenvalue weighted by Crippen LogP contribution is 2.22. The van der Waals surface area contributed by atoms with Gasteiger partial charge in [0.05, 0.1) is 6.07 Å². The van der Waals surface area contributed by atoms with Crippen LogP contribution >= 0.6 is 11.6 Å². The van der Waals surface area contributed by atoms with Crippen LogP contribution < -0.4 is 0 Å². The summed E-state index contributed by atoms with van der Waals surface area (Å²) in [5, 5.41) is 9.70. The van der Waals surface area contributed by atoms with Crippen LogP contribution in [-0.4, -0.2) is 8.32 Å². The van der Waals surface area contributed by atoms with Gasteiger partial charge in [-0.2, -0.15) is 5.26 Å².